The Bertz CT molecular complexity index is 3040. The highest BCUT2D eigenvalue weighted by atomic mass is 32.2. The van der Waals surface area contributed by atoms with Gasteiger partial charge in [-0.1, -0.05) is 77.9 Å². The van der Waals surface area contributed by atoms with Crippen molar-refractivity contribution in [1.29, 1.82) is 0 Å². The quantitative estimate of drug-likeness (QED) is 0.145. The van der Waals surface area contributed by atoms with E-state index in [0.29, 0.717) is 39.9 Å². The van der Waals surface area contributed by atoms with E-state index in [1.54, 1.807) is 102 Å². The van der Waals surface area contributed by atoms with Crippen LogP contribution in [-0.4, -0.2) is 56.5 Å². The number of benzene rings is 4. The van der Waals surface area contributed by atoms with Crippen LogP contribution >= 0.6 is 0 Å². The lowest BCUT2D eigenvalue weighted by Crippen LogP contribution is -2.22. The lowest BCUT2D eigenvalue weighted by molar-refractivity contribution is 0.553. The maximum atomic E-state index is 12.9. The number of aromatic nitrogens is 8. The van der Waals surface area contributed by atoms with Crippen molar-refractivity contribution in [2.45, 2.75) is 62.2 Å². The molecule has 14 nitrogen and oxygen atoms in total. The first-order valence-electron chi connectivity index (χ1n) is 18.1. The first-order chi connectivity index (χ1) is 27.0. The van der Waals surface area contributed by atoms with E-state index in [0.717, 1.165) is 27.7 Å². The van der Waals surface area contributed by atoms with Crippen molar-refractivity contribution in [3.8, 4) is 22.8 Å². The summed E-state index contributed by atoms with van der Waals surface area (Å²) >= 11 is 0. The van der Waals surface area contributed by atoms with Gasteiger partial charge in [0.2, 0.25) is 0 Å². The average molecular weight is 801 g/mol. The molecule has 4 aromatic heterocycles. The van der Waals surface area contributed by atoms with E-state index in [1.165, 1.54) is 16.8 Å². The van der Waals surface area contributed by atoms with Gasteiger partial charge in [-0.3, -0.25) is 9.44 Å². The Morgan fingerprint density at radius 2 is 1.07 bits per heavy atom. The molecule has 0 saturated heterocycles. The number of sulfonamides is 2. The Kier molecular flexibility index (Phi) is 9.00. The minimum atomic E-state index is -3.75. The number of H-pyrrole nitrogens is 1. The molecular weight excluding hydrogens is 761 g/mol. The number of anilines is 2. The lowest BCUT2D eigenvalue weighted by Gasteiger charge is -2.17. The number of hydrogen-bond donors (Lipinski definition) is 3. The SMILES string of the molecule is CC(C)(C)c1nn2nc(-c3ccc(NS(=O)(=O)c4ccccc4)cc3)[nH]c2c1/C=c1\c(C(C)(C)C)nn2nc(-c3ccc(NS(=O)(=O)c4ccccc4)cc3)nc12. The van der Waals surface area contributed by atoms with Crippen LogP contribution in [-0.2, 0) is 30.9 Å². The fourth-order valence-electron chi connectivity index (χ4n) is 6.42. The summed E-state index contributed by atoms with van der Waals surface area (Å²) in [6.45, 7) is 12.5. The molecular formula is C41H40N10O4S2. The van der Waals surface area contributed by atoms with Gasteiger partial charge in [0, 0.05) is 44.1 Å². The first kappa shape index (κ1) is 37.5. The third kappa shape index (κ3) is 7.36. The molecule has 0 amide bonds. The third-order valence-corrected chi connectivity index (χ3v) is 12.0. The second-order valence-corrected chi connectivity index (χ2v) is 19.1. The predicted molar refractivity (Wildman–Crippen MR) is 220 cm³/mol. The molecule has 57 heavy (non-hydrogen) atoms. The minimum Gasteiger partial charge on any atom is -0.321 e. The smallest absolute Gasteiger partial charge is 0.261 e. The zero-order chi connectivity index (χ0) is 40.3. The van der Waals surface area contributed by atoms with E-state index in [1.807, 2.05) is 6.08 Å². The summed E-state index contributed by atoms with van der Waals surface area (Å²) in [7, 11) is -7.49. The van der Waals surface area contributed by atoms with Crippen LogP contribution in [0, 0.1) is 0 Å². The highest BCUT2D eigenvalue weighted by molar-refractivity contribution is 7.93. The molecule has 0 aliphatic carbocycles. The Labute approximate surface area is 329 Å². The van der Waals surface area contributed by atoms with Gasteiger partial charge in [0.15, 0.2) is 22.9 Å². The van der Waals surface area contributed by atoms with Gasteiger partial charge in [-0.15, -0.1) is 19.5 Å². The van der Waals surface area contributed by atoms with Crippen molar-refractivity contribution < 1.29 is 16.8 Å². The van der Waals surface area contributed by atoms with Crippen LogP contribution in [0.25, 0.3) is 40.1 Å². The molecule has 4 heterocycles. The number of nitrogens with zero attached hydrogens (tertiary/aromatic N) is 7. The molecule has 0 bridgehead atoms. The van der Waals surface area contributed by atoms with Crippen LogP contribution in [0.2, 0.25) is 0 Å². The van der Waals surface area contributed by atoms with Crippen molar-refractivity contribution in [2.75, 3.05) is 9.44 Å². The second-order valence-electron chi connectivity index (χ2n) is 15.7. The van der Waals surface area contributed by atoms with Crippen molar-refractivity contribution in [1.82, 2.24) is 39.6 Å². The Balaban J connectivity index is 1.16. The molecule has 0 aliphatic rings. The average Bonchev–Trinajstić information content (AvgIpc) is 3.94. The zero-order valence-corrected chi connectivity index (χ0v) is 33.7. The molecule has 0 radical (unpaired) electrons. The second kappa shape index (κ2) is 13.7. The maximum Gasteiger partial charge on any atom is 0.261 e. The van der Waals surface area contributed by atoms with Crippen LogP contribution in [0.15, 0.2) is 119 Å². The molecule has 0 aliphatic heterocycles. The van der Waals surface area contributed by atoms with Crippen LogP contribution in [0.4, 0.5) is 11.4 Å². The van der Waals surface area contributed by atoms with E-state index < -0.39 is 20.0 Å². The van der Waals surface area contributed by atoms with Crippen LogP contribution < -0.4 is 14.7 Å². The molecule has 0 fully saturated rings. The van der Waals surface area contributed by atoms with Crippen molar-refractivity contribution in [2.24, 2.45) is 0 Å². The first-order valence-corrected chi connectivity index (χ1v) is 21.1. The molecule has 0 atom stereocenters. The Morgan fingerprint density at radius 3 is 1.58 bits per heavy atom. The van der Waals surface area contributed by atoms with E-state index in [2.05, 4.69) is 56.0 Å². The van der Waals surface area contributed by atoms with Gasteiger partial charge in [-0.05, 0) is 78.9 Å². The van der Waals surface area contributed by atoms with Crippen LogP contribution in [0.5, 0.6) is 0 Å². The summed E-state index contributed by atoms with van der Waals surface area (Å²) in [5, 5.41) is 20.1. The summed E-state index contributed by atoms with van der Waals surface area (Å²) in [6.07, 6.45) is 2.04. The lowest BCUT2D eigenvalue weighted by atomic mass is 9.88. The molecule has 290 valence electrons. The Hall–Kier alpha value is -6.39. The van der Waals surface area contributed by atoms with Crippen molar-refractivity contribution in [3.63, 3.8) is 0 Å². The van der Waals surface area contributed by atoms with Gasteiger partial charge < -0.3 is 4.98 Å². The molecule has 0 saturated carbocycles. The zero-order valence-electron chi connectivity index (χ0n) is 32.0. The van der Waals surface area contributed by atoms with Gasteiger partial charge in [0.05, 0.1) is 21.2 Å². The minimum absolute atomic E-state index is 0.172. The fourth-order valence-corrected chi connectivity index (χ4v) is 8.58. The highest BCUT2D eigenvalue weighted by Gasteiger charge is 2.28. The predicted octanol–water partition coefficient (Wildman–Crippen LogP) is 6.57. The summed E-state index contributed by atoms with van der Waals surface area (Å²) in [5.74, 6) is 0.978. The van der Waals surface area contributed by atoms with Crippen molar-refractivity contribution in [3.05, 3.63) is 131 Å². The molecule has 4 aromatic carbocycles. The van der Waals surface area contributed by atoms with E-state index >= 15 is 0 Å². The van der Waals surface area contributed by atoms with Gasteiger partial charge in [0.1, 0.15) is 0 Å². The fraction of sp³-hybridized carbons (Fsp3) is 0.195. The molecule has 16 heteroatoms. The number of rotatable bonds is 9. The van der Waals surface area contributed by atoms with Gasteiger partial charge in [-0.2, -0.15) is 10.2 Å². The highest BCUT2D eigenvalue weighted by Crippen LogP contribution is 2.31. The normalized spacial score (nSPS) is 13.1. The summed E-state index contributed by atoms with van der Waals surface area (Å²) in [4.78, 5) is 8.75. The van der Waals surface area contributed by atoms with Crippen LogP contribution in [0.1, 0.15) is 58.5 Å². The standard InChI is InChI=1S/C41H40N10O4S2/c1-40(2,3)34-32(38-42-36(46-50(38)44-34)26-17-21-28(22-18-26)48-56(52,53)30-13-9-7-10-14-30)25-33-35(41(4,5)6)45-51-39(33)43-37(47-51)27-19-23-29(24-20-27)49-57(54,55)31-15-11-8-12-16-31/h7-25,48-49H,1-6H3,(H,42,46)/b33-25+. The third-order valence-electron chi connectivity index (χ3n) is 9.24. The topological polar surface area (TPSA) is 181 Å². The molecule has 8 rings (SSSR count). The summed E-state index contributed by atoms with van der Waals surface area (Å²) in [6, 6.07) is 30.2. The van der Waals surface area contributed by atoms with Gasteiger partial charge in [-0.25, -0.2) is 21.8 Å². The van der Waals surface area contributed by atoms with E-state index in [-0.39, 0.29) is 20.6 Å². The number of aromatic amines is 1. The number of fused-ring (bicyclic) bond motifs is 2. The van der Waals surface area contributed by atoms with Crippen LogP contribution in [0.3, 0.4) is 0 Å². The number of nitrogens with one attached hydrogen (secondary N) is 3. The molecule has 8 aromatic rings. The molecule has 0 spiro atoms. The summed E-state index contributed by atoms with van der Waals surface area (Å²) in [5.41, 5.74) is 5.15. The van der Waals surface area contributed by atoms with E-state index in [4.69, 9.17) is 25.4 Å². The van der Waals surface area contributed by atoms with E-state index in [9.17, 15) is 16.8 Å². The maximum absolute atomic E-state index is 12.9. The van der Waals surface area contributed by atoms with Crippen molar-refractivity contribution >= 4 is 48.8 Å². The Morgan fingerprint density at radius 1 is 0.579 bits per heavy atom. The van der Waals surface area contributed by atoms with Gasteiger partial charge in [0.25, 0.3) is 20.0 Å². The molecule has 0 unspecified atom stereocenters. The molecule has 3 N–H and O–H groups in total. The van der Waals surface area contributed by atoms with Gasteiger partial charge >= 0.3 is 0 Å². The summed E-state index contributed by atoms with van der Waals surface area (Å²) < 4.78 is 59.9. The largest absolute Gasteiger partial charge is 0.321 e. The number of hydrogen-bond acceptors (Lipinski definition) is 9. The monoisotopic (exact) mass is 800 g/mol.